The second-order valence-corrected chi connectivity index (χ2v) is 4.16. The van der Waals surface area contributed by atoms with E-state index >= 15 is 0 Å². The molecule has 0 spiro atoms. The molecule has 0 saturated carbocycles. The number of hydrogen-bond acceptors (Lipinski definition) is 3. The second-order valence-electron chi connectivity index (χ2n) is 3.30. The van der Waals surface area contributed by atoms with E-state index in [9.17, 15) is 8.78 Å². The summed E-state index contributed by atoms with van der Waals surface area (Å²) in [6.07, 6.45) is 0. The number of alkyl halides is 2. The number of nitrogens with one attached hydrogen (secondary N) is 1. The highest BCUT2D eigenvalue weighted by atomic mass is 79.9. The van der Waals surface area contributed by atoms with Crippen LogP contribution in [0.4, 0.5) is 8.78 Å². The van der Waals surface area contributed by atoms with Crippen molar-refractivity contribution in [3.63, 3.8) is 0 Å². The van der Waals surface area contributed by atoms with Crippen LogP contribution in [0.25, 0.3) is 0 Å². The molecule has 0 aliphatic rings. The van der Waals surface area contributed by atoms with Crippen molar-refractivity contribution in [1.82, 2.24) is 5.32 Å². The van der Waals surface area contributed by atoms with Gasteiger partial charge in [-0.05, 0) is 23.8 Å². The quantitative estimate of drug-likeness (QED) is 0.786. The average molecular weight is 310 g/mol. The molecule has 0 aliphatic heterocycles. The summed E-state index contributed by atoms with van der Waals surface area (Å²) >= 11 is 3.35. The Hall–Kier alpha value is -0.720. The number of hydrogen-bond donors (Lipinski definition) is 1. The first-order valence-corrected chi connectivity index (χ1v) is 5.85. The van der Waals surface area contributed by atoms with Gasteiger partial charge in [-0.3, -0.25) is 0 Å². The van der Waals surface area contributed by atoms with Crippen LogP contribution in [0.3, 0.4) is 0 Å². The zero-order valence-corrected chi connectivity index (χ0v) is 11.0. The van der Waals surface area contributed by atoms with Gasteiger partial charge in [0.1, 0.15) is 5.75 Å². The second kappa shape index (κ2) is 7.58. The fraction of sp³-hybridized carbons (Fsp3) is 0.455. The van der Waals surface area contributed by atoms with Crippen LogP contribution in [-0.2, 0) is 11.3 Å². The Labute approximate surface area is 107 Å². The van der Waals surface area contributed by atoms with E-state index in [2.05, 4.69) is 26.0 Å². The van der Waals surface area contributed by atoms with Crippen LogP contribution in [0.5, 0.6) is 5.75 Å². The molecule has 0 aliphatic carbocycles. The molecule has 0 bridgehead atoms. The summed E-state index contributed by atoms with van der Waals surface area (Å²) in [6, 6.07) is 4.76. The minimum Gasteiger partial charge on any atom is -0.435 e. The van der Waals surface area contributed by atoms with Crippen molar-refractivity contribution in [2.75, 3.05) is 20.3 Å². The lowest BCUT2D eigenvalue weighted by Gasteiger charge is -2.10. The molecule has 0 atom stereocenters. The number of ether oxygens (including phenoxy) is 2. The van der Waals surface area contributed by atoms with E-state index in [1.807, 2.05) is 0 Å². The van der Waals surface area contributed by atoms with Crippen LogP contribution in [0.2, 0.25) is 0 Å². The maximum absolute atomic E-state index is 12.0. The molecule has 17 heavy (non-hydrogen) atoms. The molecule has 0 aromatic heterocycles. The van der Waals surface area contributed by atoms with Crippen molar-refractivity contribution in [2.45, 2.75) is 13.2 Å². The van der Waals surface area contributed by atoms with Gasteiger partial charge >= 0.3 is 6.61 Å². The molecule has 0 amide bonds. The van der Waals surface area contributed by atoms with E-state index in [0.29, 0.717) is 19.7 Å². The molecular formula is C11H14BrF2NO2. The zero-order chi connectivity index (χ0) is 12.7. The van der Waals surface area contributed by atoms with E-state index in [-0.39, 0.29) is 5.75 Å². The van der Waals surface area contributed by atoms with E-state index in [4.69, 9.17) is 4.74 Å². The molecule has 0 saturated heterocycles. The van der Waals surface area contributed by atoms with Gasteiger partial charge in [-0.15, -0.1) is 0 Å². The third-order valence-corrected chi connectivity index (χ3v) is 2.81. The van der Waals surface area contributed by atoms with Crippen molar-refractivity contribution >= 4 is 15.9 Å². The minimum atomic E-state index is -2.80. The Bertz CT molecular complexity index is 350. The highest BCUT2D eigenvalue weighted by Gasteiger charge is 2.07. The zero-order valence-electron chi connectivity index (χ0n) is 9.38. The number of benzene rings is 1. The Morgan fingerprint density at radius 1 is 1.41 bits per heavy atom. The fourth-order valence-corrected chi connectivity index (χ4v) is 1.65. The van der Waals surface area contributed by atoms with Crippen LogP contribution < -0.4 is 10.1 Å². The van der Waals surface area contributed by atoms with Gasteiger partial charge in [0.15, 0.2) is 0 Å². The summed E-state index contributed by atoms with van der Waals surface area (Å²) in [5, 5.41) is 3.13. The molecule has 3 nitrogen and oxygen atoms in total. The molecule has 0 heterocycles. The maximum Gasteiger partial charge on any atom is 0.387 e. The number of halogens is 3. The Morgan fingerprint density at radius 3 is 2.82 bits per heavy atom. The van der Waals surface area contributed by atoms with Crippen LogP contribution in [0.1, 0.15) is 5.56 Å². The predicted octanol–water partition coefficient (Wildman–Crippen LogP) is 2.79. The van der Waals surface area contributed by atoms with Gasteiger partial charge in [-0.2, -0.15) is 8.78 Å². The van der Waals surface area contributed by atoms with Gasteiger partial charge in [0, 0.05) is 24.7 Å². The third-order valence-electron chi connectivity index (χ3n) is 2.04. The fourth-order valence-electron chi connectivity index (χ4n) is 1.26. The minimum absolute atomic E-state index is 0.159. The van der Waals surface area contributed by atoms with E-state index in [0.717, 1.165) is 10.0 Å². The molecule has 1 aromatic rings. The molecule has 0 fully saturated rings. The molecule has 96 valence electrons. The molecule has 1 aromatic carbocycles. The lowest BCUT2D eigenvalue weighted by Crippen LogP contribution is -2.18. The number of rotatable bonds is 7. The van der Waals surface area contributed by atoms with Gasteiger partial charge < -0.3 is 14.8 Å². The van der Waals surface area contributed by atoms with Crippen LogP contribution in [0.15, 0.2) is 22.7 Å². The summed E-state index contributed by atoms with van der Waals surface area (Å²) in [6.45, 7) is -0.941. The van der Waals surface area contributed by atoms with Crippen molar-refractivity contribution in [1.29, 1.82) is 0 Å². The van der Waals surface area contributed by atoms with E-state index in [1.165, 1.54) is 6.07 Å². The highest BCUT2D eigenvalue weighted by Crippen LogP contribution is 2.23. The topological polar surface area (TPSA) is 30.5 Å². The first-order valence-electron chi connectivity index (χ1n) is 5.06. The van der Waals surface area contributed by atoms with Gasteiger partial charge in [0.25, 0.3) is 0 Å². The monoisotopic (exact) mass is 309 g/mol. The van der Waals surface area contributed by atoms with Crippen molar-refractivity contribution < 1.29 is 18.3 Å². The highest BCUT2D eigenvalue weighted by molar-refractivity contribution is 9.10. The lowest BCUT2D eigenvalue weighted by atomic mass is 10.2. The molecule has 0 radical (unpaired) electrons. The maximum atomic E-state index is 12.0. The molecule has 6 heteroatoms. The van der Waals surface area contributed by atoms with Crippen molar-refractivity contribution in [2.24, 2.45) is 0 Å². The standard InChI is InChI=1S/C11H14BrF2NO2/c1-16-5-4-15-7-8-6-9(17-11(13)14)2-3-10(8)12/h2-3,6,11,15H,4-5,7H2,1H3. The van der Waals surface area contributed by atoms with Crippen LogP contribution in [0, 0.1) is 0 Å². The smallest absolute Gasteiger partial charge is 0.387 e. The Balaban J connectivity index is 2.57. The Kier molecular flexibility index (Phi) is 6.39. The normalized spacial score (nSPS) is 10.9. The van der Waals surface area contributed by atoms with Crippen LogP contribution >= 0.6 is 15.9 Å². The van der Waals surface area contributed by atoms with Crippen molar-refractivity contribution in [3.8, 4) is 5.75 Å². The van der Waals surface area contributed by atoms with Gasteiger partial charge in [-0.1, -0.05) is 15.9 Å². The predicted molar refractivity (Wildman–Crippen MR) is 64.4 cm³/mol. The Morgan fingerprint density at radius 2 is 2.18 bits per heavy atom. The summed E-state index contributed by atoms with van der Waals surface area (Å²) < 4.78 is 34.1. The van der Waals surface area contributed by atoms with Crippen LogP contribution in [-0.4, -0.2) is 26.9 Å². The van der Waals surface area contributed by atoms with E-state index < -0.39 is 6.61 Å². The lowest BCUT2D eigenvalue weighted by molar-refractivity contribution is -0.0498. The summed E-state index contributed by atoms with van der Waals surface area (Å²) in [4.78, 5) is 0. The van der Waals surface area contributed by atoms with E-state index in [1.54, 1.807) is 19.2 Å². The first-order chi connectivity index (χ1) is 8.13. The molecule has 1 N–H and O–H groups in total. The first kappa shape index (κ1) is 14.3. The van der Waals surface area contributed by atoms with Gasteiger partial charge in [0.2, 0.25) is 0 Å². The molecular weight excluding hydrogens is 296 g/mol. The summed E-state index contributed by atoms with van der Waals surface area (Å²) in [5.41, 5.74) is 0.860. The summed E-state index contributed by atoms with van der Waals surface area (Å²) in [5.74, 6) is 0.159. The molecule has 0 unspecified atom stereocenters. The SMILES string of the molecule is COCCNCc1cc(OC(F)F)ccc1Br. The summed E-state index contributed by atoms with van der Waals surface area (Å²) in [7, 11) is 1.62. The van der Waals surface area contributed by atoms with Gasteiger partial charge in [0.05, 0.1) is 6.61 Å². The average Bonchev–Trinajstić information content (AvgIpc) is 2.28. The number of methoxy groups -OCH3 is 1. The van der Waals surface area contributed by atoms with Gasteiger partial charge in [-0.25, -0.2) is 0 Å². The third kappa shape index (κ3) is 5.43. The largest absolute Gasteiger partial charge is 0.435 e. The molecule has 1 rings (SSSR count). The van der Waals surface area contributed by atoms with Crippen molar-refractivity contribution in [3.05, 3.63) is 28.2 Å².